The number of fused-ring (bicyclic) bond motifs is 1. The molecule has 264 valence electrons. The van der Waals surface area contributed by atoms with E-state index in [4.69, 9.17) is 30.0 Å². The van der Waals surface area contributed by atoms with Gasteiger partial charge in [0.25, 0.3) is 0 Å². The second-order valence-electron chi connectivity index (χ2n) is 16.4. The first kappa shape index (κ1) is 37.6. The van der Waals surface area contributed by atoms with Crippen LogP contribution in [0, 0.1) is 0 Å². The molecule has 48 heavy (non-hydrogen) atoms. The number of piperidine rings is 1. The van der Waals surface area contributed by atoms with Crippen molar-refractivity contribution in [2.75, 3.05) is 44.7 Å². The van der Waals surface area contributed by atoms with Crippen LogP contribution in [0.3, 0.4) is 0 Å². The summed E-state index contributed by atoms with van der Waals surface area (Å²) >= 11 is 0. The Kier molecular flexibility index (Phi) is 12.2. The van der Waals surface area contributed by atoms with Crippen molar-refractivity contribution in [3.8, 4) is 11.1 Å². The quantitative estimate of drug-likeness (QED) is 0.103. The zero-order valence-corrected chi connectivity index (χ0v) is 32.8. The summed E-state index contributed by atoms with van der Waals surface area (Å²) in [5, 5.41) is 4.87. The molecular weight excluding hydrogens is 637 g/mol. The highest BCUT2D eigenvalue weighted by molar-refractivity contribution is 6.76. The molecule has 0 spiro atoms. The summed E-state index contributed by atoms with van der Waals surface area (Å²) < 4.78 is 20.3. The van der Waals surface area contributed by atoms with Gasteiger partial charge in [-0.25, -0.2) is 9.78 Å². The second-order valence-corrected chi connectivity index (χ2v) is 27.7. The van der Waals surface area contributed by atoms with E-state index >= 15 is 0 Å². The van der Waals surface area contributed by atoms with Crippen LogP contribution in [-0.4, -0.2) is 87.1 Å². The number of amides is 1. The number of ether oxygens (including phenoxy) is 3. The van der Waals surface area contributed by atoms with E-state index in [1.165, 1.54) is 0 Å². The van der Waals surface area contributed by atoms with Gasteiger partial charge in [0.1, 0.15) is 24.9 Å². The van der Waals surface area contributed by atoms with Crippen molar-refractivity contribution in [3.63, 3.8) is 0 Å². The molecule has 10 nitrogen and oxygen atoms in total. The van der Waals surface area contributed by atoms with Gasteiger partial charge in [0.05, 0.1) is 11.9 Å². The van der Waals surface area contributed by atoms with E-state index in [1.54, 1.807) is 0 Å². The number of anilines is 1. The number of aromatic nitrogens is 3. The predicted octanol–water partition coefficient (Wildman–Crippen LogP) is 7.87. The molecule has 0 radical (unpaired) electrons. The number of hydrogen-bond donors (Lipinski definition) is 1. The van der Waals surface area contributed by atoms with Gasteiger partial charge in [-0.1, -0.05) is 70.1 Å². The molecule has 1 amide bonds. The Morgan fingerprint density at radius 1 is 1.02 bits per heavy atom. The van der Waals surface area contributed by atoms with Crippen molar-refractivity contribution in [3.05, 3.63) is 54.4 Å². The van der Waals surface area contributed by atoms with Gasteiger partial charge in [0.15, 0.2) is 5.65 Å². The third-order valence-corrected chi connectivity index (χ3v) is 11.8. The minimum Gasteiger partial charge on any atom is -0.444 e. The van der Waals surface area contributed by atoms with Crippen LogP contribution in [-0.2, 0) is 14.2 Å². The summed E-state index contributed by atoms with van der Waals surface area (Å²) in [5.41, 5.74) is 10.3. The van der Waals surface area contributed by atoms with Crippen molar-refractivity contribution in [2.24, 2.45) is 5.73 Å². The first-order valence-electron chi connectivity index (χ1n) is 17.2. The molecule has 1 aliphatic rings. The van der Waals surface area contributed by atoms with Crippen LogP contribution in [0.1, 0.15) is 50.8 Å². The minimum absolute atomic E-state index is 0.0307. The van der Waals surface area contributed by atoms with E-state index in [0.29, 0.717) is 45.5 Å². The van der Waals surface area contributed by atoms with Crippen LogP contribution in [0.5, 0.6) is 0 Å². The Hall–Kier alpha value is -3.20. The molecule has 1 atom stereocenters. The van der Waals surface area contributed by atoms with Crippen molar-refractivity contribution >= 4 is 39.4 Å². The molecule has 1 fully saturated rings. The van der Waals surface area contributed by atoms with Gasteiger partial charge < -0.3 is 29.7 Å². The molecular formula is C36H58N6O4Si2. The molecule has 2 aromatic heterocycles. The van der Waals surface area contributed by atoms with Crippen molar-refractivity contribution in [1.29, 1.82) is 0 Å². The maximum atomic E-state index is 13.1. The third kappa shape index (κ3) is 10.9. The van der Waals surface area contributed by atoms with Crippen LogP contribution in [0.4, 0.5) is 10.6 Å². The lowest BCUT2D eigenvalue weighted by Crippen LogP contribution is -2.42. The van der Waals surface area contributed by atoms with Crippen LogP contribution in [0.25, 0.3) is 22.5 Å². The molecule has 1 aliphatic heterocycles. The average molecular weight is 695 g/mol. The number of carbonyl (C=O) groups is 1. The highest BCUT2D eigenvalue weighted by Crippen LogP contribution is 2.33. The predicted molar refractivity (Wildman–Crippen MR) is 202 cm³/mol. The highest BCUT2D eigenvalue weighted by Gasteiger charge is 2.30. The summed E-state index contributed by atoms with van der Waals surface area (Å²) in [6, 6.07) is 12.3. The molecule has 0 bridgehead atoms. The van der Waals surface area contributed by atoms with Crippen molar-refractivity contribution in [2.45, 2.75) is 96.5 Å². The molecule has 12 heteroatoms. The maximum Gasteiger partial charge on any atom is 0.410 e. The van der Waals surface area contributed by atoms with Crippen molar-refractivity contribution in [1.82, 2.24) is 19.5 Å². The monoisotopic (exact) mass is 694 g/mol. The second kappa shape index (κ2) is 15.6. The number of benzene rings is 1. The van der Waals surface area contributed by atoms with Gasteiger partial charge in [-0.3, -0.25) is 0 Å². The summed E-state index contributed by atoms with van der Waals surface area (Å²) in [7, 11) is -2.53. The fraction of sp³-hybridized carbons (Fsp3) is 0.583. The molecule has 1 unspecified atom stereocenters. The Morgan fingerprint density at radius 3 is 2.17 bits per heavy atom. The number of nitrogens with zero attached hydrogens (tertiary/aromatic N) is 5. The molecule has 2 N–H and O–H groups in total. The van der Waals surface area contributed by atoms with Crippen molar-refractivity contribution < 1.29 is 19.0 Å². The summed E-state index contributed by atoms with van der Waals surface area (Å²) in [6.45, 7) is 27.1. The van der Waals surface area contributed by atoms with Crippen LogP contribution < -0.4 is 10.6 Å². The zero-order chi connectivity index (χ0) is 35.3. The lowest BCUT2D eigenvalue weighted by Gasteiger charge is -2.34. The van der Waals surface area contributed by atoms with Crippen LogP contribution >= 0.6 is 0 Å². The lowest BCUT2D eigenvalue weighted by molar-refractivity contribution is 0.0197. The fourth-order valence-electron chi connectivity index (χ4n) is 5.45. The van der Waals surface area contributed by atoms with E-state index in [0.717, 1.165) is 58.8 Å². The zero-order valence-electron chi connectivity index (χ0n) is 30.8. The largest absolute Gasteiger partial charge is 0.444 e. The number of nitrogens with two attached hydrogens (primary N) is 1. The summed E-state index contributed by atoms with van der Waals surface area (Å²) in [6.07, 6.45) is 3.37. The topological polar surface area (TPSA) is 107 Å². The van der Waals surface area contributed by atoms with E-state index in [-0.39, 0.29) is 12.0 Å². The first-order chi connectivity index (χ1) is 22.4. The van der Waals surface area contributed by atoms with Gasteiger partial charge in [0.2, 0.25) is 0 Å². The Balaban J connectivity index is 1.75. The van der Waals surface area contributed by atoms with E-state index in [9.17, 15) is 4.79 Å². The molecule has 0 aliphatic carbocycles. The summed E-state index contributed by atoms with van der Waals surface area (Å²) in [4.78, 5) is 22.3. The Bertz CT molecular complexity index is 1520. The summed E-state index contributed by atoms with van der Waals surface area (Å²) in [5.74, 6) is 0.881. The molecule has 3 heterocycles. The number of rotatable bonds is 14. The average Bonchev–Trinajstić information content (AvgIpc) is 3.42. The Labute approximate surface area is 289 Å². The fourth-order valence-corrected chi connectivity index (χ4v) is 6.97. The van der Waals surface area contributed by atoms with Gasteiger partial charge in [0, 0.05) is 65.7 Å². The SMILES string of the molecule is C=C(N)c1ccc(-c2cnn3c(N(COCC[Si](C)(C)C)COCC[Si](C)(C)C)cc(C4CCCN(C(=O)OC(C)(C)C)C4)nc23)cc1. The normalized spacial score (nSPS) is 15.9. The Morgan fingerprint density at radius 2 is 1.62 bits per heavy atom. The third-order valence-electron chi connectivity index (χ3n) is 8.34. The van der Waals surface area contributed by atoms with Crippen LogP contribution in [0.2, 0.25) is 51.4 Å². The van der Waals surface area contributed by atoms with E-state index in [2.05, 4.69) is 56.8 Å². The standard InChI is InChI=1S/C36H58N6O4Si2/c1-27(37)28-13-15-29(16-14-28)31-23-38-42-33(41(25-44-18-20-47(5,6)7)26-45-19-21-48(8,9)10)22-32(39-34(31)42)30-12-11-17-40(24-30)35(43)46-36(2,3)4/h13-16,22-23,30H,1,11-12,17-21,24-26,37H2,2-10H3. The molecule has 0 saturated carbocycles. The number of hydrogen-bond acceptors (Lipinski definition) is 8. The highest BCUT2D eigenvalue weighted by atomic mass is 28.3. The van der Waals surface area contributed by atoms with Gasteiger partial charge >= 0.3 is 6.09 Å². The molecule has 4 rings (SSSR count). The molecule has 3 aromatic rings. The van der Waals surface area contributed by atoms with Gasteiger partial charge in [-0.05, 0) is 56.8 Å². The number of carbonyl (C=O) groups excluding carboxylic acids is 1. The van der Waals surface area contributed by atoms with E-state index < -0.39 is 21.7 Å². The van der Waals surface area contributed by atoms with E-state index in [1.807, 2.05) is 60.6 Å². The number of likely N-dealkylation sites (tertiary alicyclic amines) is 1. The van der Waals surface area contributed by atoms with Gasteiger partial charge in [-0.2, -0.15) is 9.61 Å². The maximum absolute atomic E-state index is 13.1. The first-order valence-corrected chi connectivity index (χ1v) is 24.6. The smallest absolute Gasteiger partial charge is 0.410 e. The lowest BCUT2D eigenvalue weighted by atomic mass is 9.94. The molecule has 1 aromatic carbocycles. The van der Waals surface area contributed by atoms with Crippen LogP contribution in [0.15, 0.2) is 43.1 Å². The minimum atomic E-state index is -1.27. The molecule has 1 saturated heterocycles. The van der Waals surface area contributed by atoms with Gasteiger partial charge in [-0.15, -0.1) is 0 Å².